The lowest BCUT2D eigenvalue weighted by Gasteiger charge is -2.15. The average Bonchev–Trinajstić information content (AvgIpc) is 3.04. The van der Waals surface area contributed by atoms with Gasteiger partial charge in [0, 0.05) is 16.6 Å². The van der Waals surface area contributed by atoms with Crippen LogP contribution in [0.4, 0.5) is 5.69 Å². The molecule has 128 valence electrons. The maximum atomic E-state index is 12.3. The molecule has 3 rings (SSSR count). The van der Waals surface area contributed by atoms with Gasteiger partial charge in [0.25, 0.3) is 5.91 Å². The van der Waals surface area contributed by atoms with E-state index in [0.717, 1.165) is 27.5 Å². The Morgan fingerprint density at radius 2 is 1.76 bits per heavy atom. The lowest BCUT2D eigenvalue weighted by atomic mass is 10.1. The van der Waals surface area contributed by atoms with Gasteiger partial charge >= 0.3 is 0 Å². The number of carbonyl (C=O) groups excluding carboxylic acids is 1. The fraction of sp³-hybridized carbons (Fsp3) is 0.200. The van der Waals surface area contributed by atoms with Gasteiger partial charge in [0.1, 0.15) is 5.75 Å². The molecule has 1 unspecified atom stereocenters. The van der Waals surface area contributed by atoms with E-state index in [4.69, 9.17) is 4.74 Å². The van der Waals surface area contributed by atoms with E-state index in [9.17, 15) is 4.79 Å². The number of hydrogen-bond acceptors (Lipinski definition) is 4. The number of anilines is 1. The Morgan fingerprint density at radius 3 is 2.36 bits per heavy atom. The molecule has 1 aromatic heterocycles. The standard InChI is InChI=1S/C20H20N2O2S/c1-13-4-10-18(11-5-13)24-14(2)20(23)22-17-8-6-16(7-9-17)19-12-25-15(3)21-19/h4-12,14H,1-3H3,(H,22,23). The van der Waals surface area contributed by atoms with Crippen molar-refractivity contribution in [3.63, 3.8) is 0 Å². The summed E-state index contributed by atoms with van der Waals surface area (Å²) in [6.45, 7) is 5.73. The zero-order chi connectivity index (χ0) is 17.8. The summed E-state index contributed by atoms with van der Waals surface area (Å²) in [5, 5.41) is 5.94. The van der Waals surface area contributed by atoms with Crippen LogP contribution in [0, 0.1) is 13.8 Å². The van der Waals surface area contributed by atoms with E-state index in [0.29, 0.717) is 5.75 Å². The van der Waals surface area contributed by atoms with Crippen molar-refractivity contribution in [1.29, 1.82) is 0 Å². The Balaban J connectivity index is 1.61. The number of carbonyl (C=O) groups is 1. The number of amides is 1. The van der Waals surface area contributed by atoms with Crippen molar-refractivity contribution >= 4 is 22.9 Å². The second-order valence-corrected chi connectivity index (χ2v) is 6.95. The van der Waals surface area contributed by atoms with Gasteiger partial charge in [-0.05, 0) is 45.0 Å². The van der Waals surface area contributed by atoms with Gasteiger partial charge in [-0.25, -0.2) is 4.98 Å². The van der Waals surface area contributed by atoms with Crippen molar-refractivity contribution in [2.24, 2.45) is 0 Å². The molecular formula is C20H20N2O2S. The summed E-state index contributed by atoms with van der Waals surface area (Å²) in [4.78, 5) is 16.8. The smallest absolute Gasteiger partial charge is 0.265 e. The summed E-state index contributed by atoms with van der Waals surface area (Å²) in [6, 6.07) is 15.3. The van der Waals surface area contributed by atoms with Gasteiger partial charge in [0.15, 0.2) is 6.10 Å². The van der Waals surface area contributed by atoms with Crippen LogP contribution in [0.5, 0.6) is 5.75 Å². The van der Waals surface area contributed by atoms with E-state index >= 15 is 0 Å². The maximum absolute atomic E-state index is 12.3. The molecular weight excluding hydrogens is 332 g/mol. The van der Waals surface area contributed by atoms with Crippen molar-refractivity contribution in [3.05, 3.63) is 64.5 Å². The molecule has 0 radical (unpaired) electrons. The quantitative estimate of drug-likeness (QED) is 0.715. The minimum absolute atomic E-state index is 0.183. The molecule has 1 N–H and O–H groups in total. The number of rotatable bonds is 5. The Morgan fingerprint density at radius 1 is 1.08 bits per heavy atom. The Labute approximate surface area is 151 Å². The van der Waals surface area contributed by atoms with E-state index < -0.39 is 6.10 Å². The first kappa shape index (κ1) is 17.2. The number of thiazole rings is 1. The van der Waals surface area contributed by atoms with E-state index in [1.807, 2.05) is 67.8 Å². The highest BCUT2D eigenvalue weighted by Crippen LogP contribution is 2.23. The van der Waals surface area contributed by atoms with Crippen molar-refractivity contribution in [2.45, 2.75) is 26.9 Å². The zero-order valence-electron chi connectivity index (χ0n) is 14.4. The minimum Gasteiger partial charge on any atom is -0.481 e. The van der Waals surface area contributed by atoms with Gasteiger partial charge in [0.05, 0.1) is 10.7 Å². The highest BCUT2D eigenvalue weighted by atomic mass is 32.1. The van der Waals surface area contributed by atoms with Crippen LogP contribution in [0.2, 0.25) is 0 Å². The fourth-order valence-corrected chi connectivity index (χ4v) is 2.96. The van der Waals surface area contributed by atoms with Crippen LogP contribution in [0.25, 0.3) is 11.3 Å². The number of aromatic nitrogens is 1. The molecule has 3 aromatic rings. The molecule has 0 aliphatic rings. The number of aryl methyl sites for hydroxylation is 2. The molecule has 2 aromatic carbocycles. The first-order chi connectivity index (χ1) is 12.0. The third-order valence-electron chi connectivity index (χ3n) is 3.77. The van der Waals surface area contributed by atoms with Crippen LogP contribution in [0.1, 0.15) is 17.5 Å². The Bertz CT molecular complexity index is 854. The maximum Gasteiger partial charge on any atom is 0.265 e. The van der Waals surface area contributed by atoms with Gasteiger partial charge in [-0.1, -0.05) is 29.8 Å². The van der Waals surface area contributed by atoms with E-state index in [-0.39, 0.29) is 5.91 Å². The monoisotopic (exact) mass is 352 g/mol. The van der Waals surface area contributed by atoms with E-state index in [2.05, 4.69) is 10.3 Å². The third-order valence-corrected chi connectivity index (χ3v) is 4.54. The summed E-state index contributed by atoms with van der Waals surface area (Å²) in [6.07, 6.45) is -0.580. The van der Waals surface area contributed by atoms with Crippen LogP contribution >= 0.6 is 11.3 Å². The highest BCUT2D eigenvalue weighted by molar-refractivity contribution is 7.09. The highest BCUT2D eigenvalue weighted by Gasteiger charge is 2.15. The topological polar surface area (TPSA) is 51.2 Å². The Kier molecular flexibility index (Phi) is 5.14. The van der Waals surface area contributed by atoms with E-state index in [1.165, 1.54) is 0 Å². The molecule has 0 bridgehead atoms. The van der Waals surface area contributed by atoms with Gasteiger partial charge in [-0.15, -0.1) is 11.3 Å². The first-order valence-corrected chi connectivity index (χ1v) is 8.96. The van der Waals surface area contributed by atoms with Crippen LogP contribution < -0.4 is 10.1 Å². The summed E-state index contributed by atoms with van der Waals surface area (Å²) < 4.78 is 5.68. The van der Waals surface area contributed by atoms with Crippen molar-refractivity contribution < 1.29 is 9.53 Å². The molecule has 25 heavy (non-hydrogen) atoms. The van der Waals surface area contributed by atoms with E-state index in [1.54, 1.807) is 18.3 Å². The molecule has 1 amide bonds. The SMILES string of the molecule is Cc1ccc(OC(C)C(=O)Nc2ccc(-c3csc(C)n3)cc2)cc1. The average molecular weight is 352 g/mol. The molecule has 0 saturated heterocycles. The van der Waals surface area contributed by atoms with Crippen LogP contribution in [-0.2, 0) is 4.79 Å². The second kappa shape index (κ2) is 7.49. The second-order valence-electron chi connectivity index (χ2n) is 5.89. The predicted octanol–water partition coefficient (Wildman–Crippen LogP) is 4.83. The molecule has 5 heteroatoms. The predicted molar refractivity (Wildman–Crippen MR) is 102 cm³/mol. The van der Waals surface area contributed by atoms with Gasteiger partial charge in [-0.3, -0.25) is 4.79 Å². The molecule has 0 aliphatic heterocycles. The lowest BCUT2D eigenvalue weighted by Crippen LogP contribution is -2.30. The number of ether oxygens (including phenoxy) is 1. The Hall–Kier alpha value is -2.66. The van der Waals surface area contributed by atoms with Crippen LogP contribution in [0.15, 0.2) is 53.9 Å². The molecule has 1 heterocycles. The fourth-order valence-electron chi connectivity index (χ4n) is 2.34. The number of hydrogen-bond donors (Lipinski definition) is 1. The van der Waals surface area contributed by atoms with Gasteiger partial charge in [-0.2, -0.15) is 0 Å². The van der Waals surface area contributed by atoms with Crippen molar-refractivity contribution in [2.75, 3.05) is 5.32 Å². The van der Waals surface area contributed by atoms with Crippen molar-refractivity contribution in [1.82, 2.24) is 4.98 Å². The third kappa shape index (κ3) is 4.45. The van der Waals surface area contributed by atoms with Gasteiger partial charge in [0.2, 0.25) is 0 Å². The molecule has 1 atom stereocenters. The lowest BCUT2D eigenvalue weighted by molar-refractivity contribution is -0.122. The zero-order valence-corrected chi connectivity index (χ0v) is 15.3. The molecule has 0 saturated carbocycles. The molecule has 0 aliphatic carbocycles. The number of nitrogens with one attached hydrogen (secondary N) is 1. The molecule has 0 fully saturated rings. The summed E-state index contributed by atoms with van der Waals surface area (Å²) in [5.74, 6) is 0.500. The molecule has 0 spiro atoms. The summed E-state index contributed by atoms with van der Waals surface area (Å²) in [7, 11) is 0. The van der Waals surface area contributed by atoms with Crippen LogP contribution in [0.3, 0.4) is 0 Å². The summed E-state index contributed by atoms with van der Waals surface area (Å²) >= 11 is 1.62. The number of benzene rings is 2. The first-order valence-electron chi connectivity index (χ1n) is 8.08. The largest absolute Gasteiger partial charge is 0.481 e. The number of nitrogens with zero attached hydrogens (tertiary/aromatic N) is 1. The van der Waals surface area contributed by atoms with Gasteiger partial charge < -0.3 is 10.1 Å². The molecule has 4 nitrogen and oxygen atoms in total. The van der Waals surface area contributed by atoms with Crippen LogP contribution in [-0.4, -0.2) is 17.0 Å². The normalized spacial score (nSPS) is 11.8. The minimum atomic E-state index is -0.580. The summed E-state index contributed by atoms with van der Waals surface area (Å²) in [5.41, 5.74) is 3.88. The van der Waals surface area contributed by atoms with Crippen molar-refractivity contribution in [3.8, 4) is 17.0 Å².